The maximum Gasteiger partial charge on any atom is 0.317 e. The number of hydrogen-bond donors (Lipinski definition) is 3. The van der Waals surface area contributed by atoms with Gasteiger partial charge in [-0.25, -0.2) is 0 Å². The Morgan fingerprint density at radius 1 is 1.08 bits per heavy atom. The summed E-state index contributed by atoms with van der Waals surface area (Å²) in [5, 5.41) is 13.0. The normalized spacial score (nSPS) is 8.69. The van der Waals surface area contributed by atoms with Gasteiger partial charge in [0.25, 0.3) is 0 Å². The molecule has 0 saturated carbocycles. The second-order valence-corrected chi connectivity index (χ2v) is 8.59. The third-order valence-corrected chi connectivity index (χ3v) is 5.32. The van der Waals surface area contributed by atoms with E-state index in [1.54, 1.807) is 25.0 Å². The molecule has 36 heavy (non-hydrogen) atoms. The minimum absolute atomic E-state index is 0.0417. The van der Waals surface area contributed by atoms with Crippen LogP contribution >= 0.6 is 23.5 Å². The Morgan fingerprint density at radius 3 is 2.11 bits per heavy atom. The van der Waals surface area contributed by atoms with Crippen molar-refractivity contribution in [2.75, 3.05) is 37.2 Å². The average molecular weight is 532 g/mol. The number of pyridine rings is 1. The van der Waals surface area contributed by atoms with E-state index in [1.807, 2.05) is 79.5 Å². The highest BCUT2D eigenvalue weighted by molar-refractivity contribution is 7.98. The Labute approximate surface area is 223 Å². The third kappa shape index (κ3) is 18.2. The average Bonchev–Trinajstić information content (AvgIpc) is 2.93. The van der Waals surface area contributed by atoms with Gasteiger partial charge in [-0.15, -0.1) is 11.8 Å². The number of carbonyl (C=O) groups excluding carboxylic acids is 2. The Bertz CT molecular complexity index is 944. The molecule has 0 aliphatic carbocycles. The second kappa shape index (κ2) is 25.0. The first-order valence-electron chi connectivity index (χ1n) is 10.9. The summed E-state index contributed by atoms with van der Waals surface area (Å²) in [4.78, 5) is 33.1. The van der Waals surface area contributed by atoms with Crippen molar-refractivity contribution < 1.29 is 19.5 Å². The summed E-state index contributed by atoms with van der Waals surface area (Å²) in [6, 6.07) is 20.0. The smallest absolute Gasteiger partial charge is 0.317 e. The van der Waals surface area contributed by atoms with E-state index in [1.165, 1.54) is 16.2 Å². The van der Waals surface area contributed by atoms with Crippen LogP contribution in [0.25, 0.3) is 11.1 Å². The zero-order valence-electron chi connectivity index (χ0n) is 21.6. The van der Waals surface area contributed by atoms with Crippen LogP contribution in [0, 0.1) is 6.92 Å². The van der Waals surface area contributed by atoms with E-state index in [4.69, 9.17) is 9.90 Å². The number of benzene rings is 2. The lowest BCUT2D eigenvalue weighted by Crippen LogP contribution is -2.16. The summed E-state index contributed by atoms with van der Waals surface area (Å²) in [7, 11) is 1.59. The van der Waals surface area contributed by atoms with Crippen LogP contribution in [-0.2, 0) is 14.4 Å². The van der Waals surface area contributed by atoms with E-state index in [9.17, 15) is 9.59 Å². The summed E-state index contributed by atoms with van der Waals surface area (Å²) in [6.07, 6.45) is 8.46. The molecule has 0 atom stereocenters. The number of aliphatic carboxylic acids is 1. The quantitative estimate of drug-likeness (QED) is 0.271. The molecule has 9 heteroatoms. The van der Waals surface area contributed by atoms with Crippen LogP contribution in [-0.4, -0.2) is 61.1 Å². The van der Waals surface area contributed by atoms with Gasteiger partial charge in [-0.1, -0.05) is 43.3 Å². The molecule has 1 aromatic heterocycles. The molecule has 0 spiro atoms. The van der Waals surface area contributed by atoms with E-state index in [0.29, 0.717) is 6.41 Å². The number of aryl methyl sites for hydroxylation is 1. The lowest BCUT2D eigenvalue weighted by atomic mass is 10.00. The van der Waals surface area contributed by atoms with Crippen LogP contribution in [0.5, 0.6) is 0 Å². The molecule has 0 unspecified atom stereocenters. The van der Waals surface area contributed by atoms with Gasteiger partial charge in [0.05, 0.1) is 6.54 Å². The molecule has 1 heterocycles. The number of thioether (sulfide) groups is 2. The minimum Gasteiger partial charge on any atom is -0.480 e. The van der Waals surface area contributed by atoms with Crippen LogP contribution in [0.4, 0.5) is 5.69 Å². The number of rotatable bonds is 7. The van der Waals surface area contributed by atoms with Gasteiger partial charge in [0.1, 0.15) is 6.79 Å². The molecule has 3 N–H and O–H groups in total. The summed E-state index contributed by atoms with van der Waals surface area (Å²) in [5.41, 5.74) is 4.32. The van der Waals surface area contributed by atoms with Gasteiger partial charge in [0.15, 0.2) is 0 Å². The van der Waals surface area contributed by atoms with E-state index < -0.39 is 5.97 Å². The molecule has 0 aliphatic rings. The van der Waals surface area contributed by atoms with Crippen LogP contribution < -0.4 is 10.6 Å². The molecule has 1 amide bonds. The number of hydrogen-bond acceptors (Lipinski definition) is 7. The van der Waals surface area contributed by atoms with E-state index >= 15 is 0 Å². The molecule has 0 aliphatic heterocycles. The number of likely N-dealkylation sites (N-methyl/N-ethyl adjacent to an activating group) is 1. The van der Waals surface area contributed by atoms with Crippen molar-refractivity contribution in [1.82, 2.24) is 10.3 Å². The highest BCUT2D eigenvalue weighted by Crippen LogP contribution is 2.26. The zero-order valence-corrected chi connectivity index (χ0v) is 23.2. The first-order chi connectivity index (χ1) is 17.4. The predicted molar refractivity (Wildman–Crippen MR) is 155 cm³/mol. The van der Waals surface area contributed by atoms with E-state index in [-0.39, 0.29) is 6.54 Å². The summed E-state index contributed by atoms with van der Waals surface area (Å²) >= 11 is 3.56. The molecule has 196 valence electrons. The lowest BCUT2D eigenvalue weighted by molar-refractivity contribution is -0.135. The molecule has 0 fully saturated rings. The van der Waals surface area contributed by atoms with Gasteiger partial charge in [-0.3, -0.25) is 14.6 Å². The molecule has 0 radical (unpaired) electrons. The molecule has 0 bridgehead atoms. The topological polar surface area (TPSA) is 108 Å². The molecule has 7 nitrogen and oxygen atoms in total. The van der Waals surface area contributed by atoms with Gasteiger partial charge >= 0.3 is 5.97 Å². The Morgan fingerprint density at radius 2 is 1.72 bits per heavy atom. The Hall–Kier alpha value is -3.14. The number of nitrogens with zero attached hydrogens (tertiary/aromatic N) is 1. The van der Waals surface area contributed by atoms with Gasteiger partial charge in [-0.05, 0) is 73.2 Å². The highest BCUT2D eigenvalue weighted by atomic mass is 32.2. The zero-order chi connectivity index (χ0) is 27.6. The first kappa shape index (κ1) is 35.0. The Balaban J connectivity index is 0. The van der Waals surface area contributed by atoms with Crippen molar-refractivity contribution in [2.24, 2.45) is 0 Å². The molecule has 3 rings (SSSR count). The van der Waals surface area contributed by atoms with E-state index in [2.05, 4.69) is 47.9 Å². The molecular weight excluding hydrogens is 494 g/mol. The van der Waals surface area contributed by atoms with Crippen molar-refractivity contribution in [3.8, 4) is 11.1 Å². The molecule has 2 aromatic carbocycles. The minimum atomic E-state index is -0.822. The fourth-order valence-corrected chi connectivity index (χ4v) is 2.71. The van der Waals surface area contributed by atoms with Crippen LogP contribution in [0.2, 0.25) is 0 Å². The number of anilines is 1. The maximum absolute atomic E-state index is 10.4. The van der Waals surface area contributed by atoms with Gasteiger partial charge in [-0.2, -0.15) is 11.8 Å². The number of carboxylic acid groups (broad SMARTS) is 1. The largest absolute Gasteiger partial charge is 0.480 e. The number of carbonyl (C=O) groups is 3. The van der Waals surface area contributed by atoms with Gasteiger partial charge in [0, 0.05) is 23.0 Å². The van der Waals surface area contributed by atoms with E-state index in [0.717, 1.165) is 16.8 Å². The summed E-state index contributed by atoms with van der Waals surface area (Å²) < 4.78 is 0. The predicted octanol–water partition coefficient (Wildman–Crippen LogP) is 5.51. The fourth-order valence-electron chi connectivity index (χ4n) is 2.33. The number of amides is 1. The number of carboxylic acids is 1. The fraction of sp³-hybridized carbons (Fsp3) is 0.259. The van der Waals surface area contributed by atoms with Crippen LogP contribution in [0.15, 0.2) is 78.0 Å². The van der Waals surface area contributed by atoms with Crippen LogP contribution in [0.3, 0.4) is 0 Å². The maximum atomic E-state index is 10.4. The van der Waals surface area contributed by atoms with Crippen molar-refractivity contribution in [3.05, 3.63) is 78.6 Å². The molecule has 3 aromatic rings. The molecular formula is C27H37N3O4S2. The third-order valence-electron chi connectivity index (χ3n) is 4.03. The van der Waals surface area contributed by atoms with Crippen molar-refractivity contribution >= 4 is 48.4 Å². The lowest BCUT2D eigenvalue weighted by Gasteiger charge is -2.08. The first-order valence-corrected chi connectivity index (χ1v) is 13.5. The summed E-state index contributed by atoms with van der Waals surface area (Å²) in [6.45, 7) is 6.25. The Kier molecular flexibility index (Phi) is 24.3. The number of aromatic nitrogens is 1. The standard InChI is InChI=1S/C14H13NO.C6H7NS.C3H7NO2.C3H8S.CH2O/c1-11-7-8-13(15-10-16)9-14(11)12-5-3-2-4-6-12;1-8-6-3-2-4-7-5-6;1-4-2-3(5)6;1-3-4-2;1-2/h2-10H,1H3,(H,15,16);2-5H,1H3;4H,2H2,1H3,(H,5,6);3H2,1-2H3;1H2. The second-order valence-electron chi connectivity index (χ2n) is 6.55. The highest BCUT2D eigenvalue weighted by Gasteiger charge is 2.02. The van der Waals surface area contributed by atoms with Crippen LogP contribution in [0.1, 0.15) is 12.5 Å². The van der Waals surface area contributed by atoms with Crippen molar-refractivity contribution in [1.29, 1.82) is 0 Å². The van der Waals surface area contributed by atoms with Crippen molar-refractivity contribution in [3.63, 3.8) is 0 Å². The summed E-state index contributed by atoms with van der Waals surface area (Å²) in [5.74, 6) is 0.414. The van der Waals surface area contributed by atoms with Gasteiger partial charge in [0.2, 0.25) is 6.41 Å². The monoisotopic (exact) mass is 531 g/mol. The van der Waals surface area contributed by atoms with Crippen molar-refractivity contribution in [2.45, 2.75) is 18.7 Å². The molecule has 0 saturated heterocycles. The SMILES string of the molecule is C=O.CCSC.CNCC(=O)O.CSc1cccnc1.Cc1ccc(NC=O)cc1-c1ccccc1. The number of nitrogens with one attached hydrogen (secondary N) is 2. The van der Waals surface area contributed by atoms with Gasteiger partial charge < -0.3 is 20.5 Å².